The summed E-state index contributed by atoms with van der Waals surface area (Å²) in [6.07, 6.45) is -0.152. The first-order valence-electron chi connectivity index (χ1n) is 6.04. The zero-order chi connectivity index (χ0) is 15.4. The van der Waals surface area contributed by atoms with Gasteiger partial charge in [-0.05, 0) is 6.92 Å². The minimum absolute atomic E-state index is 0.0286. The Balaban J connectivity index is 2.33. The summed E-state index contributed by atoms with van der Waals surface area (Å²) in [5, 5.41) is 11.4. The maximum atomic E-state index is 11.6. The van der Waals surface area contributed by atoms with E-state index in [1.807, 2.05) is 0 Å². The highest BCUT2D eigenvalue weighted by molar-refractivity contribution is 5.89. The number of hydrogen-bond donors (Lipinski definition) is 0. The predicted molar refractivity (Wildman–Crippen MR) is 67.4 cm³/mol. The lowest BCUT2D eigenvalue weighted by Gasteiger charge is -2.04. The molecule has 112 valence electrons. The zero-order valence-corrected chi connectivity index (χ0v) is 11.8. The number of aryl methyl sites for hydroxylation is 1. The summed E-state index contributed by atoms with van der Waals surface area (Å²) in [5.74, 6) is -0.661. The van der Waals surface area contributed by atoms with E-state index in [9.17, 15) is 9.59 Å². The van der Waals surface area contributed by atoms with E-state index < -0.39 is 11.9 Å². The van der Waals surface area contributed by atoms with Crippen LogP contribution in [0.2, 0.25) is 0 Å². The van der Waals surface area contributed by atoms with E-state index in [-0.39, 0.29) is 18.7 Å². The molecule has 0 aliphatic carbocycles. The molecule has 2 aromatic rings. The summed E-state index contributed by atoms with van der Waals surface area (Å²) in [6, 6.07) is 1.72. The Morgan fingerprint density at radius 1 is 1.33 bits per heavy atom. The second-order valence-corrected chi connectivity index (χ2v) is 4.22. The van der Waals surface area contributed by atoms with Crippen LogP contribution in [0.5, 0.6) is 0 Å². The van der Waals surface area contributed by atoms with Gasteiger partial charge in [-0.15, -0.1) is 5.10 Å². The van der Waals surface area contributed by atoms with Crippen LogP contribution in [0.1, 0.15) is 27.6 Å². The van der Waals surface area contributed by atoms with Gasteiger partial charge in [0.25, 0.3) is 0 Å². The minimum atomic E-state index is -0.672. The SMILES string of the molecule is COC(=O)Cc1c(C(=O)OC)nnn1Cc1cc(C)no1. The van der Waals surface area contributed by atoms with Crippen LogP contribution >= 0.6 is 0 Å². The van der Waals surface area contributed by atoms with E-state index in [1.165, 1.54) is 18.9 Å². The summed E-state index contributed by atoms with van der Waals surface area (Å²) in [5.41, 5.74) is 0.981. The molecule has 0 unspecified atom stereocenters. The van der Waals surface area contributed by atoms with Crippen molar-refractivity contribution >= 4 is 11.9 Å². The van der Waals surface area contributed by atoms with Gasteiger partial charge in [-0.3, -0.25) is 4.79 Å². The van der Waals surface area contributed by atoms with E-state index in [0.29, 0.717) is 17.1 Å². The molecule has 2 rings (SSSR count). The van der Waals surface area contributed by atoms with E-state index in [2.05, 4.69) is 24.9 Å². The van der Waals surface area contributed by atoms with Gasteiger partial charge < -0.3 is 14.0 Å². The van der Waals surface area contributed by atoms with Crippen LogP contribution in [0.15, 0.2) is 10.6 Å². The van der Waals surface area contributed by atoms with Crippen molar-refractivity contribution < 1.29 is 23.6 Å². The second-order valence-electron chi connectivity index (χ2n) is 4.22. The largest absolute Gasteiger partial charge is 0.469 e. The van der Waals surface area contributed by atoms with Crippen molar-refractivity contribution in [1.29, 1.82) is 0 Å². The fraction of sp³-hybridized carbons (Fsp3) is 0.417. The zero-order valence-electron chi connectivity index (χ0n) is 11.8. The van der Waals surface area contributed by atoms with Gasteiger partial charge in [0.2, 0.25) is 0 Å². The van der Waals surface area contributed by atoms with Crippen molar-refractivity contribution in [1.82, 2.24) is 20.2 Å². The minimum Gasteiger partial charge on any atom is -0.469 e. The van der Waals surface area contributed by atoms with Crippen LogP contribution in [-0.4, -0.2) is 46.3 Å². The summed E-state index contributed by atoms with van der Waals surface area (Å²) in [7, 11) is 2.48. The lowest BCUT2D eigenvalue weighted by Crippen LogP contribution is -2.15. The van der Waals surface area contributed by atoms with Crippen molar-refractivity contribution in [3.05, 3.63) is 28.9 Å². The van der Waals surface area contributed by atoms with Gasteiger partial charge in [0.05, 0.1) is 32.0 Å². The van der Waals surface area contributed by atoms with Crippen molar-refractivity contribution in [3.63, 3.8) is 0 Å². The number of methoxy groups -OCH3 is 2. The number of nitrogens with zero attached hydrogens (tertiary/aromatic N) is 4. The maximum Gasteiger partial charge on any atom is 0.360 e. The summed E-state index contributed by atoms with van der Waals surface area (Å²) < 4.78 is 15.7. The van der Waals surface area contributed by atoms with Crippen LogP contribution in [0, 0.1) is 6.92 Å². The normalized spacial score (nSPS) is 10.4. The highest BCUT2D eigenvalue weighted by Crippen LogP contribution is 2.12. The Labute approximate surface area is 119 Å². The van der Waals surface area contributed by atoms with Gasteiger partial charge in [0, 0.05) is 6.07 Å². The molecular formula is C12H14N4O5. The van der Waals surface area contributed by atoms with Gasteiger partial charge in [-0.1, -0.05) is 10.4 Å². The number of carbonyl (C=O) groups excluding carboxylic acids is 2. The summed E-state index contributed by atoms with van der Waals surface area (Å²) in [6.45, 7) is 1.97. The highest BCUT2D eigenvalue weighted by atomic mass is 16.5. The van der Waals surface area contributed by atoms with E-state index >= 15 is 0 Å². The lowest BCUT2D eigenvalue weighted by molar-refractivity contribution is -0.139. The summed E-state index contributed by atoms with van der Waals surface area (Å²) in [4.78, 5) is 23.1. The van der Waals surface area contributed by atoms with E-state index in [4.69, 9.17) is 4.52 Å². The molecular weight excluding hydrogens is 280 g/mol. The Bertz CT molecular complexity index is 660. The number of hydrogen-bond acceptors (Lipinski definition) is 8. The average molecular weight is 294 g/mol. The van der Waals surface area contributed by atoms with Crippen molar-refractivity contribution in [3.8, 4) is 0 Å². The molecule has 0 spiro atoms. The molecule has 0 fully saturated rings. The Morgan fingerprint density at radius 3 is 2.67 bits per heavy atom. The molecule has 9 heteroatoms. The lowest BCUT2D eigenvalue weighted by atomic mass is 10.2. The first-order valence-corrected chi connectivity index (χ1v) is 6.04. The Morgan fingerprint density at radius 2 is 2.10 bits per heavy atom. The van der Waals surface area contributed by atoms with Crippen LogP contribution < -0.4 is 0 Å². The Kier molecular flexibility index (Phi) is 4.31. The number of carbonyl (C=O) groups is 2. The van der Waals surface area contributed by atoms with Crippen molar-refractivity contribution in [2.75, 3.05) is 14.2 Å². The van der Waals surface area contributed by atoms with E-state index in [1.54, 1.807) is 13.0 Å². The van der Waals surface area contributed by atoms with Gasteiger partial charge in [-0.25, -0.2) is 9.48 Å². The third-order valence-electron chi connectivity index (χ3n) is 2.74. The van der Waals surface area contributed by atoms with Gasteiger partial charge in [0.15, 0.2) is 11.5 Å². The number of rotatable bonds is 5. The fourth-order valence-corrected chi connectivity index (χ4v) is 1.74. The topological polar surface area (TPSA) is 109 Å². The molecule has 0 saturated heterocycles. The second kappa shape index (κ2) is 6.16. The number of aromatic nitrogens is 4. The standard InChI is InChI=1S/C12H14N4O5/c1-7-4-8(21-14-7)6-16-9(5-10(17)19-2)11(13-15-16)12(18)20-3/h4H,5-6H2,1-3H3. The average Bonchev–Trinajstić information content (AvgIpc) is 3.05. The molecule has 9 nitrogen and oxygen atoms in total. The fourth-order valence-electron chi connectivity index (χ4n) is 1.74. The van der Waals surface area contributed by atoms with Crippen LogP contribution in [-0.2, 0) is 27.2 Å². The molecule has 0 aromatic carbocycles. The monoisotopic (exact) mass is 294 g/mol. The maximum absolute atomic E-state index is 11.6. The van der Waals surface area contributed by atoms with Crippen LogP contribution in [0.3, 0.4) is 0 Å². The molecule has 0 aliphatic heterocycles. The van der Waals surface area contributed by atoms with Crippen LogP contribution in [0.4, 0.5) is 0 Å². The van der Waals surface area contributed by atoms with Crippen molar-refractivity contribution in [2.45, 2.75) is 19.9 Å². The summed E-state index contributed by atoms with van der Waals surface area (Å²) >= 11 is 0. The smallest absolute Gasteiger partial charge is 0.360 e. The first-order chi connectivity index (χ1) is 10.0. The number of esters is 2. The third kappa shape index (κ3) is 3.25. The molecule has 2 aromatic heterocycles. The predicted octanol–water partition coefficient (Wildman–Crippen LogP) is 0.125. The molecule has 0 amide bonds. The van der Waals surface area contributed by atoms with Crippen molar-refractivity contribution in [2.24, 2.45) is 0 Å². The molecule has 0 atom stereocenters. The van der Waals surface area contributed by atoms with E-state index in [0.717, 1.165) is 0 Å². The molecule has 0 aliphatic rings. The Hall–Kier alpha value is -2.71. The molecule has 2 heterocycles. The molecule has 21 heavy (non-hydrogen) atoms. The quantitative estimate of drug-likeness (QED) is 0.715. The highest BCUT2D eigenvalue weighted by Gasteiger charge is 2.23. The number of ether oxygens (including phenoxy) is 2. The first kappa shape index (κ1) is 14.7. The molecule has 0 saturated carbocycles. The molecule has 0 bridgehead atoms. The van der Waals surface area contributed by atoms with Gasteiger partial charge in [-0.2, -0.15) is 0 Å². The van der Waals surface area contributed by atoms with Gasteiger partial charge >= 0.3 is 11.9 Å². The third-order valence-corrected chi connectivity index (χ3v) is 2.74. The van der Waals surface area contributed by atoms with Crippen LogP contribution in [0.25, 0.3) is 0 Å². The van der Waals surface area contributed by atoms with Gasteiger partial charge in [0.1, 0.15) is 6.54 Å². The molecule has 0 N–H and O–H groups in total. The molecule has 0 radical (unpaired) electrons.